The van der Waals surface area contributed by atoms with Crippen LogP contribution in [0.15, 0.2) is 28.7 Å². The van der Waals surface area contributed by atoms with Gasteiger partial charge in [0, 0.05) is 17.6 Å². The zero-order chi connectivity index (χ0) is 12.8. The highest BCUT2D eigenvalue weighted by atomic mass is 79.9. The first-order valence-electron chi connectivity index (χ1n) is 6.34. The number of hydrogen-bond acceptors (Lipinski definition) is 1. The number of halogens is 1. The van der Waals surface area contributed by atoms with Crippen molar-refractivity contribution in [3.63, 3.8) is 0 Å². The van der Waals surface area contributed by atoms with Crippen molar-refractivity contribution in [3.8, 4) is 0 Å². The van der Waals surface area contributed by atoms with Crippen LogP contribution in [0.25, 0.3) is 0 Å². The van der Waals surface area contributed by atoms with E-state index in [2.05, 4.69) is 40.2 Å². The molecule has 1 amide bonds. The summed E-state index contributed by atoms with van der Waals surface area (Å²) in [6, 6.07) is 8.56. The topological polar surface area (TPSA) is 40.5 Å². The normalized spacial score (nSPS) is 25.2. The Morgan fingerprint density at radius 1 is 1.28 bits per heavy atom. The number of benzene rings is 1. The fourth-order valence-electron chi connectivity index (χ4n) is 3.21. The Bertz CT molecular complexity index is 463. The molecular formula is C14H16BrNO2. The van der Waals surface area contributed by atoms with Gasteiger partial charge in [-0.3, -0.25) is 0 Å². The van der Waals surface area contributed by atoms with Crippen LogP contribution in [0.5, 0.6) is 0 Å². The molecule has 3 nitrogen and oxygen atoms in total. The zero-order valence-electron chi connectivity index (χ0n) is 10.1. The van der Waals surface area contributed by atoms with Gasteiger partial charge in [0.1, 0.15) is 0 Å². The molecule has 0 radical (unpaired) electrons. The van der Waals surface area contributed by atoms with Crippen molar-refractivity contribution in [1.82, 2.24) is 4.90 Å². The third kappa shape index (κ3) is 2.03. The molecule has 1 atom stereocenters. The fourth-order valence-corrected chi connectivity index (χ4v) is 3.47. The summed E-state index contributed by atoms with van der Waals surface area (Å²) in [7, 11) is 0. The smallest absolute Gasteiger partial charge is 0.407 e. The van der Waals surface area contributed by atoms with E-state index in [9.17, 15) is 4.79 Å². The van der Waals surface area contributed by atoms with E-state index < -0.39 is 6.09 Å². The second-order valence-electron chi connectivity index (χ2n) is 5.44. The minimum Gasteiger partial charge on any atom is -0.465 e. The Balaban J connectivity index is 1.67. The lowest BCUT2D eigenvalue weighted by Gasteiger charge is -2.31. The Morgan fingerprint density at radius 2 is 1.89 bits per heavy atom. The fraction of sp³-hybridized carbons (Fsp3) is 0.500. The van der Waals surface area contributed by atoms with Crippen LogP contribution in [0.2, 0.25) is 0 Å². The monoisotopic (exact) mass is 309 g/mol. The molecule has 1 spiro atoms. The number of nitrogens with zero attached hydrogens (tertiary/aromatic N) is 1. The molecule has 2 aliphatic rings. The molecule has 1 aromatic rings. The molecular weight excluding hydrogens is 294 g/mol. The summed E-state index contributed by atoms with van der Waals surface area (Å²) in [4.78, 5) is 12.4. The van der Waals surface area contributed by atoms with Crippen molar-refractivity contribution in [2.24, 2.45) is 5.41 Å². The largest absolute Gasteiger partial charge is 0.465 e. The Hall–Kier alpha value is -1.03. The summed E-state index contributed by atoms with van der Waals surface area (Å²) in [5.74, 6) is 0.640. The van der Waals surface area contributed by atoms with Crippen molar-refractivity contribution < 1.29 is 9.90 Å². The Kier molecular flexibility index (Phi) is 2.85. The molecule has 0 unspecified atom stereocenters. The van der Waals surface area contributed by atoms with Crippen molar-refractivity contribution >= 4 is 22.0 Å². The van der Waals surface area contributed by atoms with E-state index in [1.165, 1.54) is 12.0 Å². The van der Waals surface area contributed by atoms with Gasteiger partial charge in [0.15, 0.2) is 0 Å². The molecule has 1 heterocycles. The minimum absolute atomic E-state index is 0.389. The van der Waals surface area contributed by atoms with Gasteiger partial charge in [-0.15, -0.1) is 0 Å². The molecule has 1 saturated heterocycles. The lowest BCUT2D eigenvalue weighted by Crippen LogP contribution is -2.38. The molecule has 1 N–H and O–H groups in total. The molecule has 4 heteroatoms. The highest BCUT2D eigenvalue weighted by molar-refractivity contribution is 9.10. The summed E-state index contributed by atoms with van der Waals surface area (Å²) < 4.78 is 1.11. The van der Waals surface area contributed by atoms with Crippen LogP contribution < -0.4 is 0 Å². The van der Waals surface area contributed by atoms with Crippen LogP contribution in [-0.2, 0) is 0 Å². The van der Waals surface area contributed by atoms with Crippen molar-refractivity contribution in [1.29, 1.82) is 0 Å². The van der Waals surface area contributed by atoms with Gasteiger partial charge in [0.2, 0.25) is 0 Å². The highest BCUT2D eigenvalue weighted by Crippen LogP contribution is 2.64. The van der Waals surface area contributed by atoms with Crippen LogP contribution in [-0.4, -0.2) is 29.2 Å². The number of rotatable bonds is 1. The first kappa shape index (κ1) is 12.0. The Labute approximate surface area is 115 Å². The van der Waals surface area contributed by atoms with Gasteiger partial charge in [-0.25, -0.2) is 4.79 Å². The summed E-state index contributed by atoms with van der Waals surface area (Å²) in [5.41, 5.74) is 1.79. The van der Waals surface area contributed by atoms with E-state index in [0.29, 0.717) is 24.4 Å². The standard InChI is InChI=1S/C14H16BrNO2/c15-11-3-1-10(2-4-11)12-9-14(12)5-7-16(8-6-14)13(17)18/h1-4,12H,5-9H2,(H,17,18)/t12-/m1/s1. The molecule has 18 heavy (non-hydrogen) atoms. The maximum atomic E-state index is 10.9. The third-order valence-electron chi connectivity index (χ3n) is 4.49. The average Bonchev–Trinajstić information content (AvgIpc) is 3.04. The number of likely N-dealkylation sites (tertiary alicyclic amines) is 1. The number of carboxylic acid groups (broad SMARTS) is 1. The predicted octanol–water partition coefficient (Wildman–Crippen LogP) is 3.70. The van der Waals surface area contributed by atoms with Crippen molar-refractivity contribution in [2.45, 2.75) is 25.2 Å². The third-order valence-corrected chi connectivity index (χ3v) is 5.02. The summed E-state index contributed by atoms with van der Waals surface area (Å²) >= 11 is 3.45. The first-order valence-corrected chi connectivity index (χ1v) is 7.13. The van der Waals surface area contributed by atoms with Crippen molar-refractivity contribution in [2.75, 3.05) is 13.1 Å². The lowest BCUT2D eigenvalue weighted by molar-refractivity contribution is 0.119. The van der Waals surface area contributed by atoms with Gasteiger partial charge in [-0.05, 0) is 48.3 Å². The number of amides is 1. The quantitative estimate of drug-likeness (QED) is 0.859. The van der Waals surface area contributed by atoms with Gasteiger partial charge in [0.05, 0.1) is 0 Å². The van der Waals surface area contributed by atoms with Crippen LogP contribution in [0.1, 0.15) is 30.7 Å². The zero-order valence-corrected chi connectivity index (χ0v) is 11.7. The summed E-state index contributed by atoms with van der Waals surface area (Å²) in [6.07, 6.45) is 2.48. The van der Waals surface area contributed by atoms with Gasteiger partial charge in [-0.2, -0.15) is 0 Å². The molecule has 2 fully saturated rings. The molecule has 1 saturated carbocycles. The molecule has 1 aliphatic heterocycles. The second-order valence-corrected chi connectivity index (χ2v) is 6.36. The van der Waals surface area contributed by atoms with Crippen LogP contribution in [0, 0.1) is 5.41 Å². The van der Waals surface area contributed by atoms with E-state index in [1.807, 2.05) is 0 Å². The van der Waals surface area contributed by atoms with Crippen LogP contribution in [0.4, 0.5) is 4.79 Å². The van der Waals surface area contributed by atoms with E-state index in [0.717, 1.165) is 17.3 Å². The van der Waals surface area contributed by atoms with Crippen LogP contribution in [0.3, 0.4) is 0 Å². The lowest BCUT2D eigenvalue weighted by atomic mass is 9.89. The second kappa shape index (κ2) is 4.26. The van der Waals surface area contributed by atoms with E-state index in [-0.39, 0.29) is 0 Å². The van der Waals surface area contributed by atoms with Crippen LogP contribution >= 0.6 is 15.9 Å². The van der Waals surface area contributed by atoms with Gasteiger partial charge in [0.25, 0.3) is 0 Å². The van der Waals surface area contributed by atoms with Gasteiger partial charge < -0.3 is 10.0 Å². The summed E-state index contributed by atoms with van der Waals surface area (Å²) in [5, 5.41) is 8.96. The molecule has 1 aliphatic carbocycles. The number of hydrogen-bond donors (Lipinski definition) is 1. The number of carbonyl (C=O) groups is 1. The molecule has 1 aromatic carbocycles. The van der Waals surface area contributed by atoms with E-state index in [1.54, 1.807) is 4.90 Å². The van der Waals surface area contributed by atoms with Crippen molar-refractivity contribution in [3.05, 3.63) is 34.3 Å². The SMILES string of the molecule is O=C(O)N1CCC2(CC1)C[C@@H]2c1ccc(Br)cc1. The maximum absolute atomic E-state index is 10.9. The van der Waals surface area contributed by atoms with E-state index in [4.69, 9.17) is 5.11 Å². The minimum atomic E-state index is -0.773. The summed E-state index contributed by atoms with van der Waals surface area (Å²) in [6.45, 7) is 1.39. The van der Waals surface area contributed by atoms with E-state index >= 15 is 0 Å². The average molecular weight is 310 g/mol. The molecule has 96 valence electrons. The van der Waals surface area contributed by atoms with Gasteiger partial charge >= 0.3 is 6.09 Å². The maximum Gasteiger partial charge on any atom is 0.407 e. The molecule has 0 bridgehead atoms. The molecule has 3 rings (SSSR count). The number of piperidine rings is 1. The first-order chi connectivity index (χ1) is 8.61. The van der Waals surface area contributed by atoms with Gasteiger partial charge in [-0.1, -0.05) is 28.1 Å². The Morgan fingerprint density at radius 3 is 2.44 bits per heavy atom. The predicted molar refractivity (Wildman–Crippen MR) is 72.8 cm³/mol. The highest BCUT2D eigenvalue weighted by Gasteiger charge is 2.55. The molecule has 0 aromatic heterocycles.